The lowest BCUT2D eigenvalue weighted by Crippen LogP contribution is -2.28. The SMILES string of the molecule is C#CCNC(=O)Nc1ccc(C(=O)O)c(F)c1. The van der Waals surface area contributed by atoms with Crippen molar-refractivity contribution in [3.05, 3.63) is 29.6 Å². The van der Waals surface area contributed by atoms with Crippen molar-refractivity contribution in [1.29, 1.82) is 0 Å². The number of hydrogen-bond acceptors (Lipinski definition) is 2. The minimum absolute atomic E-state index is 0.0432. The van der Waals surface area contributed by atoms with E-state index in [1.54, 1.807) is 0 Å². The molecule has 0 heterocycles. The number of benzene rings is 1. The van der Waals surface area contributed by atoms with Crippen LogP contribution in [0.15, 0.2) is 18.2 Å². The van der Waals surface area contributed by atoms with Crippen LogP contribution in [-0.2, 0) is 0 Å². The van der Waals surface area contributed by atoms with Gasteiger partial charge in [0.2, 0.25) is 0 Å². The third kappa shape index (κ3) is 3.50. The van der Waals surface area contributed by atoms with E-state index < -0.39 is 23.4 Å². The number of carboxylic acids is 1. The fraction of sp³-hybridized carbons (Fsp3) is 0.0909. The Morgan fingerprint density at radius 3 is 2.71 bits per heavy atom. The highest BCUT2D eigenvalue weighted by atomic mass is 19.1. The highest BCUT2D eigenvalue weighted by molar-refractivity contribution is 5.91. The number of carbonyl (C=O) groups is 2. The van der Waals surface area contributed by atoms with Crippen LogP contribution in [-0.4, -0.2) is 23.7 Å². The van der Waals surface area contributed by atoms with Gasteiger partial charge < -0.3 is 15.7 Å². The lowest BCUT2D eigenvalue weighted by Gasteiger charge is -2.06. The molecule has 0 atom stereocenters. The van der Waals surface area contributed by atoms with Crippen molar-refractivity contribution in [3.8, 4) is 12.3 Å². The molecular formula is C11H9FN2O3. The van der Waals surface area contributed by atoms with Crippen molar-refractivity contribution in [2.45, 2.75) is 0 Å². The van der Waals surface area contributed by atoms with Gasteiger partial charge in [-0.25, -0.2) is 14.0 Å². The highest BCUT2D eigenvalue weighted by Gasteiger charge is 2.11. The van der Waals surface area contributed by atoms with Crippen LogP contribution in [0.5, 0.6) is 0 Å². The zero-order valence-corrected chi connectivity index (χ0v) is 8.66. The molecule has 0 aromatic heterocycles. The van der Waals surface area contributed by atoms with Crippen molar-refractivity contribution in [3.63, 3.8) is 0 Å². The number of terminal acetylenes is 1. The standard InChI is InChI=1S/C11H9FN2O3/c1-2-5-13-11(17)14-7-3-4-8(10(15)16)9(12)6-7/h1,3-4,6H,5H2,(H,15,16)(H2,13,14,17). The van der Waals surface area contributed by atoms with E-state index in [1.807, 2.05) is 0 Å². The van der Waals surface area contributed by atoms with Crippen molar-refractivity contribution in [1.82, 2.24) is 5.32 Å². The number of carbonyl (C=O) groups excluding carboxylic acids is 1. The van der Waals surface area contributed by atoms with Gasteiger partial charge in [-0.05, 0) is 18.2 Å². The largest absolute Gasteiger partial charge is 0.478 e. The first kappa shape index (κ1) is 12.5. The van der Waals surface area contributed by atoms with E-state index in [0.717, 1.165) is 12.1 Å². The summed E-state index contributed by atoms with van der Waals surface area (Å²) in [6.07, 6.45) is 4.93. The molecule has 0 unspecified atom stereocenters. The molecule has 1 aromatic carbocycles. The number of urea groups is 1. The van der Waals surface area contributed by atoms with Gasteiger partial charge >= 0.3 is 12.0 Å². The second kappa shape index (κ2) is 5.51. The number of anilines is 1. The second-order valence-corrected chi connectivity index (χ2v) is 3.01. The predicted molar refractivity (Wildman–Crippen MR) is 59.2 cm³/mol. The zero-order valence-electron chi connectivity index (χ0n) is 8.66. The smallest absolute Gasteiger partial charge is 0.338 e. The van der Waals surface area contributed by atoms with Crippen LogP contribution in [0, 0.1) is 18.2 Å². The van der Waals surface area contributed by atoms with E-state index in [0.29, 0.717) is 0 Å². The molecule has 1 rings (SSSR count). The highest BCUT2D eigenvalue weighted by Crippen LogP contribution is 2.14. The third-order valence-corrected chi connectivity index (χ3v) is 1.81. The summed E-state index contributed by atoms with van der Waals surface area (Å²) in [7, 11) is 0. The molecule has 0 saturated heterocycles. The van der Waals surface area contributed by atoms with Gasteiger partial charge in [-0.15, -0.1) is 6.42 Å². The normalized spacial score (nSPS) is 9.18. The molecule has 2 amide bonds. The van der Waals surface area contributed by atoms with Gasteiger partial charge in [0.1, 0.15) is 5.82 Å². The summed E-state index contributed by atoms with van der Waals surface area (Å²) in [5, 5.41) is 13.2. The first-order valence-electron chi connectivity index (χ1n) is 4.55. The van der Waals surface area contributed by atoms with Crippen molar-refractivity contribution < 1.29 is 19.1 Å². The minimum atomic E-state index is -1.37. The van der Waals surface area contributed by atoms with Gasteiger partial charge in [-0.2, -0.15) is 0 Å². The topological polar surface area (TPSA) is 78.4 Å². The summed E-state index contributed by atoms with van der Waals surface area (Å²) in [5.74, 6) is -0.0974. The van der Waals surface area contributed by atoms with Crippen LogP contribution in [0.3, 0.4) is 0 Å². The van der Waals surface area contributed by atoms with Crippen LogP contribution in [0.2, 0.25) is 0 Å². The van der Waals surface area contributed by atoms with E-state index in [1.165, 1.54) is 6.07 Å². The van der Waals surface area contributed by atoms with E-state index in [2.05, 4.69) is 16.6 Å². The van der Waals surface area contributed by atoms with Gasteiger partial charge in [0.05, 0.1) is 12.1 Å². The Balaban J connectivity index is 2.75. The van der Waals surface area contributed by atoms with Crippen molar-refractivity contribution >= 4 is 17.7 Å². The van der Waals surface area contributed by atoms with E-state index >= 15 is 0 Å². The molecule has 0 spiro atoms. The lowest BCUT2D eigenvalue weighted by molar-refractivity contribution is 0.0692. The maximum absolute atomic E-state index is 13.2. The molecule has 6 heteroatoms. The first-order valence-corrected chi connectivity index (χ1v) is 4.55. The zero-order chi connectivity index (χ0) is 12.8. The molecule has 0 aliphatic carbocycles. The molecule has 17 heavy (non-hydrogen) atoms. The Kier molecular flexibility index (Phi) is 4.06. The van der Waals surface area contributed by atoms with Crippen molar-refractivity contribution in [2.75, 3.05) is 11.9 Å². The van der Waals surface area contributed by atoms with E-state index in [4.69, 9.17) is 11.5 Å². The number of amides is 2. The van der Waals surface area contributed by atoms with Gasteiger partial charge in [0.15, 0.2) is 0 Å². The monoisotopic (exact) mass is 236 g/mol. The number of rotatable bonds is 3. The van der Waals surface area contributed by atoms with Gasteiger partial charge in [-0.1, -0.05) is 5.92 Å². The Bertz CT molecular complexity index is 494. The first-order chi connectivity index (χ1) is 8.04. The molecule has 0 aliphatic heterocycles. The Morgan fingerprint density at radius 2 is 2.18 bits per heavy atom. The maximum atomic E-state index is 13.2. The number of aromatic carboxylic acids is 1. The average Bonchev–Trinajstić information content (AvgIpc) is 2.26. The summed E-state index contributed by atoms with van der Waals surface area (Å²) in [6.45, 7) is 0.0432. The Morgan fingerprint density at radius 1 is 1.47 bits per heavy atom. The quantitative estimate of drug-likeness (QED) is 0.692. The Hall–Kier alpha value is -2.55. The van der Waals surface area contributed by atoms with E-state index in [-0.39, 0.29) is 12.2 Å². The molecule has 0 aliphatic rings. The summed E-state index contributed by atoms with van der Waals surface area (Å²) in [5.41, 5.74) is -0.318. The average molecular weight is 236 g/mol. The Labute approximate surface area is 96.6 Å². The molecule has 3 N–H and O–H groups in total. The maximum Gasteiger partial charge on any atom is 0.338 e. The fourth-order valence-electron chi connectivity index (χ4n) is 1.07. The predicted octanol–water partition coefficient (Wildman–Crippen LogP) is 1.28. The van der Waals surface area contributed by atoms with Gasteiger partial charge in [-0.3, -0.25) is 0 Å². The molecule has 0 radical (unpaired) electrons. The molecule has 1 aromatic rings. The fourth-order valence-corrected chi connectivity index (χ4v) is 1.07. The minimum Gasteiger partial charge on any atom is -0.478 e. The van der Waals surface area contributed by atoms with Crippen LogP contribution in [0.1, 0.15) is 10.4 Å². The van der Waals surface area contributed by atoms with Gasteiger partial charge in [0.25, 0.3) is 0 Å². The molecular weight excluding hydrogens is 227 g/mol. The summed E-state index contributed by atoms with van der Waals surface area (Å²) >= 11 is 0. The van der Waals surface area contributed by atoms with Crippen LogP contribution < -0.4 is 10.6 Å². The van der Waals surface area contributed by atoms with Gasteiger partial charge in [0, 0.05) is 5.69 Å². The molecule has 0 bridgehead atoms. The van der Waals surface area contributed by atoms with Crippen molar-refractivity contribution in [2.24, 2.45) is 0 Å². The second-order valence-electron chi connectivity index (χ2n) is 3.01. The third-order valence-electron chi connectivity index (χ3n) is 1.81. The summed E-state index contributed by atoms with van der Waals surface area (Å²) in [4.78, 5) is 21.7. The number of hydrogen-bond donors (Lipinski definition) is 3. The van der Waals surface area contributed by atoms with Crippen LogP contribution in [0.4, 0.5) is 14.9 Å². The van der Waals surface area contributed by atoms with Crippen LogP contribution in [0.25, 0.3) is 0 Å². The number of nitrogens with one attached hydrogen (secondary N) is 2. The lowest BCUT2D eigenvalue weighted by atomic mass is 10.2. The molecule has 0 fully saturated rings. The van der Waals surface area contributed by atoms with Crippen LogP contribution >= 0.6 is 0 Å². The summed E-state index contributed by atoms with van der Waals surface area (Å²) < 4.78 is 13.2. The molecule has 5 nitrogen and oxygen atoms in total. The summed E-state index contributed by atoms with van der Waals surface area (Å²) in [6, 6.07) is 2.67. The van der Waals surface area contributed by atoms with E-state index in [9.17, 15) is 14.0 Å². The molecule has 88 valence electrons. The number of halogens is 1. The molecule has 0 saturated carbocycles. The number of carboxylic acid groups (broad SMARTS) is 1.